The molecule has 0 bridgehead atoms. The maximum absolute atomic E-state index is 13.7. The Labute approximate surface area is 122 Å². The SMILES string of the molecule is CC(F)(F)[C@@H]1CC(F)(F)CN1c1n[nH]c2cccc(Cl)c12. The third kappa shape index (κ3) is 2.43. The number of nitrogens with one attached hydrogen (secondary N) is 1. The van der Waals surface area contributed by atoms with E-state index in [0.717, 1.165) is 4.90 Å². The lowest BCUT2D eigenvalue weighted by molar-refractivity contribution is -0.0299. The first kappa shape index (κ1) is 14.4. The molecule has 0 aliphatic carbocycles. The molecule has 1 aromatic heterocycles. The monoisotopic (exact) mass is 321 g/mol. The van der Waals surface area contributed by atoms with Gasteiger partial charge in [-0.1, -0.05) is 17.7 Å². The minimum atomic E-state index is -3.27. The van der Waals surface area contributed by atoms with Crippen molar-refractivity contribution in [3.63, 3.8) is 0 Å². The quantitative estimate of drug-likeness (QED) is 0.845. The number of nitrogens with zero attached hydrogens (tertiary/aromatic N) is 2. The van der Waals surface area contributed by atoms with Crippen molar-refractivity contribution in [2.24, 2.45) is 0 Å². The second kappa shape index (κ2) is 4.50. The fourth-order valence-electron chi connectivity index (χ4n) is 2.71. The molecular weight excluding hydrogens is 310 g/mol. The lowest BCUT2D eigenvalue weighted by atomic mass is 10.1. The molecule has 0 radical (unpaired) electrons. The Kier molecular flexibility index (Phi) is 3.09. The number of hydrogen-bond acceptors (Lipinski definition) is 2. The number of halogens is 5. The minimum absolute atomic E-state index is 0.0410. The molecule has 0 amide bonds. The van der Waals surface area contributed by atoms with Gasteiger partial charge in [-0.05, 0) is 12.1 Å². The number of H-pyrrole nitrogens is 1. The van der Waals surface area contributed by atoms with Crippen LogP contribution in [0.1, 0.15) is 13.3 Å². The summed E-state index contributed by atoms with van der Waals surface area (Å²) in [7, 11) is 0. The average molecular weight is 322 g/mol. The smallest absolute Gasteiger partial charge is 0.267 e. The number of aromatic amines is 1. The molecule has 3 rings (SSSR count). The van der Waals surface area contributed by atoms with Crippen molar-refractivity contribution in [2.75, 3.05) is 11.4 Å². The van der Waals surface area contributed by atoms with Gasteiger partial charge >= 0.3 is 0 Å². The summed E-state index contributed by atoms with van der Waals surface area (Å²) in [5.74, 6) is -6.41. The van der Waals surface area contributed by atoms with Crippen molar-refractivity contribution in [1.29, 1.82) is 0 Å². The van der Waals surface area contributed by atoms with E-state index in [2.05, 4.69) is 10.2 Å². The number of aromatic nitrogens is 2. The highest BCUT2D eigenvalue weighted by Crippen LogP contribution is 2.43. The third-order valence-corrected chi connectivity index (χ3v) is 3.96. The van der Waals surface area contributed by atoms with Gasteiger partial charge in [-0.25, -0.2) is 17.6 Å². The van der Waals surface area contributed by atoms with Gasteiger partial charge in [-0.2, -0.15) is 5.10 Å². The molecular formula is C13H12ClF4N3. The summed E-state index contributed by atoms with van der Waals surface area (Å²) in [6, 6.07) is 3.27. The van der Waals surface area contributed by atoms with Crippen LogP contribution in [0.3, 0.4) is 0 Å². The zero-order valence-corrected chi connectivity index (χ0v) is 11.8. The maximum atomic E-state index is 13.7. The maximum Gasteiger partial charge on any atom is 0.267 e. The van der Waals surface area contributed by atoms with E-state index >= 15 is 0 Å². The highest BCUT2D eigenvalue weighted by molar-refractivity contribution is 6.36. The molecule has 1 aliphatic heterocycles. The normalized spacial score (nSPS) is 22.2. The molecule has 114 valence electrons. The fraction of sp³-hybridized carbons (Fsp3) is 0.462. The second-order valence-corrected chi connectivity index (χ2v) is 5.78. The molecule has 2 aromatic rings. The molecule has 8 heteroatoms. The van der Waals surface area contributed by atoms with Gasteiger partial charge in [0.25, 0.3) is 11.8 Å². The molecule has 1 aromatic carbocycles. The summed E-state index contributed by atoms with van der Waals surface area (Å²) in [4.78, 5) is 0.949. The Hall–Kier alpha value is -1.50. The van der Waals surface area contributed by atoms with Gasteiger partial charge in [0.15, 0.2) is 5.82 Å². The Bertz CT molecular complexity index is 680. The Morgan fingerprint density at radius 2 is 2.14 bits per heavy atom. The lowest BCUT2D eigenvalue weighted by Crippen LogP contribution is -2.42. The number of rotatable bonds is 2. The van der Waals surface area contributed by atoms with Crippen molar-refractivity contribution in [2.45, 2.75) is 31.2 Å². The highest BCUT2D eigenvalue weighted by atomic mass is 35.5. The second-order valence-electron chi connectivity index (χ2n) is 5.37. The van der Waals surface area contributed by atoms with Crippen molar-refractivity contribution >= 4 is 28.3 Å². The van der Waals surface area contributed by atoms with Crippen LogP contribution in [0.15, 0.2) is 18.2 Å². The van der Waals surface area contributed by atoms with E-state index in [-0.39, 0.29) is 10.8 Å². The summed E-state index contributed by atoms with van der Waals surface area (Å²) in [6.07, 6.45) is -0.907. The van der Waals surface area contributed by atoms with Gasteiger partial charge in [-0.15, -0.1) is 0 Å². The fourth-order valence-corrected chi connectivity index (χ4v) is 2.97. The summed E-state index contributed by atoms with van der Waals surface area (Å²) in [5, 5.41) is 7.22. The largest absolute Gasteiger partial charge is 0.339 e. The van der Waals surface area contributed by atoms with E-state index in [9.17, 15) is 17.6 Å². The molecule has 2 heterocycles. The van der Waals surface area contributed by atoms with Crippen molar-refractivity contribution in [3.05, 3.63) is 23.2 Å². The summed E-state index contributed by atoms with van der Waals surface area (Å²) < 4.78 is 54.6. The van der Waals surface area contributed by atoms with Gasteiger partial charge in [0, 0.05) is 13.3 Å². The lowest BCUT2D eigenvalue weighted by Gasteiger charge is -2.28. The van der Waals surface area contributed by atoms with E-state index in [0.29, 0.717) is 17.8 Å². The number of alkyl halides is 4. The average Bonchev–Trinajstić information content (AvgIpc) is 2.90. The predicted octanol–water partition coefficient (Wildman–Crippen LogP) is 4.09. The molecule has 1 atom stereocenters. The number of fused-ring (bicyclic) bond motifs is 1. The molecule has 0 spiro atoms. The van der Waals surface area contributed by atoms with Crippen molar-refractivity contribution in [3.8, 4) is 0 Å². The van der Waals surface area contributed by atoms with Gasteiger partial charge in [-0.3, -0.25) is 5.10 Å². The zero-order chi connectivity index (χ0) is 15.4. The summed E-state index contributed by atoms with van der Waals surface area (Å²) in [5.41, 5.74) is 0.519. The zero-order valence-electron chi connectivity index (χ0n) is 11.0. The van der Waals surface area contributed by atoms with E-state index in [1.807, 2.05) is 0 Å². The van der Waals surface area contributed by atoms with Crippen LogP contribution >= 0.6 is 11.6 Å². The molecule has 1 saturated heterocycles. The molecule has 3 nitrogen and oxygen atoms in total. The molecule has 1 N–H and O–H groups in total. The van der Waals surface area contributed by atoms with Crippen LogP contribution in [0.2, 0.25) is 5.02 Å². The number of hydrogen-bond donors (Lipinski definition) is 1. The van der Waals surface area contributed by atoms with Crippen LogP contribution in [0.4, 0.5) is 23.4 Å². The highest BCUT2D eigenvalue weighted by Gasteiger charge is 2.54. The topological polar surface area (TPSA) is 31.9 Å². The minimum Gasteiger partial charge on any atom is -0.339 e. The van der Waals surface area contributed by atoms with Crippen molar-refractivity contribution in [1.82, 2.24) is 10.2 Å². The van der Waals surface area contributed by atoms with Crippen LogP contribution < -0.4 is 4.90 Å². The Morgan fingerprint density at radius 1 is 1.43 bits per heavy atom. The van der Waals surface area contributed by atoms with Gasteiger partial charge in [0.05, 0.1) is 28.5 Å². The van der Waals surface area contributed by atoms with E-state index in [1.165, 1.54) is 0 Å². The van der Waals surface area contributed by atoms with Crippen LogP contribution in [0.5, 0.6) is 0 Å². The van der Waals surface area contributed by atoms with Crippen LogP contribution in [0.25, 0.3) is 10.9 Å². The molecule has 0 saturated carbocycles. The van der Waals surface area contributed by atoms with E-state index in [1.54, 1.807) is 18.2 Å². The predicted molar refractivity (Wildman–Crippen MR) is 72.4 cm³/mol. The van der Waals surface area contributed by atoms with Crippen LogP contribution in [-0.2, 0) is 0 Å². The molecule has 21 heavy (non-hydrogen) atoms. The molecule has 0 unspecified atom stereocenters. The summed E-state index contributed by atoms with van der Waals surface area (Å²) >= 11 is 6.05. The summed E-state index contributed by atoms with van der Waals surface area (Å²) in [6.45, 7) is -0.158. The number of anilines is 1. The van der Waals surface area contributed by atoms with Gasteiger partial charge in [0.2, 0.25) is 0 Å². The van der Waals surface area contributed by atoms with E-state index in [4.69, 9.17) is 11.6 Å². The van der Waals surface area contributed by atoms with Crippen molar-refractivity contribution < 1.29 is 17.6 Å². The standard InChI is InChI=1S/C13H12ClF4N3/c1-12(15,16)9-5-13(17,18)6-21(9)11-10-7(14)3-2-4-8(10)19-20-11/h2-4,9H,5-6H2,1H3,(H,19,20)/t9-/m0/s1. The first-order chi connectivity index (χ1) is 9.69. The Morgan fingerprint density at radius 3 is 2.81 bits per heavy atom. The first-order valence-electron chi connectivity index (χ1n) is 6.34. The van der Waals surface area contributed by atoms with Crippen LogP contribution in [-0.4, -0.2) is 34.6 Å². The number of benzene rings is 1. The molecule has 1 fully saturated rings. The van der Waals surface area contributed by atoms with Gasteiger partial charge < -0.3 is 4.90 Å². The van der Waals surface area contributed by atoms with Gasteiger partial charge in [0.1, 0.15) is 0 Å². The Balaban J connectivity index is 2.12. The molecule has 1 aliphatic rings. The van der Waals surface area contributed by atoms with E-state index < -0.39 is 30.9 Å². The van der Waals surface area contributed by atoms with Crippen LogP contribution in [0, 0.1) is 0 Å². The first-order valence-corrected chi connectivity index (χ1v) is 6.72. The third-order valence-electron chi connectivity index (χ3n) is 3.65.